The van der Waals surface area contributed by atoms with E-state index in [2.05, 4.69) is 25.5 Å². The zero-order chi connectivity index (χ0) is 19.7. The average Bonchev–Trinajstić information content (AvgIpc) is 3.14. The van der Waals surface area contributed by atoms with Crippen LogP contribution in [0.2, 0.25) is 0 Å². The van der Waals surface area contributed by atoms with Crippen molar-refractivity contribution < 1.29 is 4.79 Å². The molecule has 140 valence electrons. The van der Waals surface area contributed by atoms with Crippen molar-refractivity contribution >= 4 is 22.8 Å². The van der Waals surface area contributed by atoms with Gasteiger partial charge in [0.2, 0.25) is 5.95 Å². The van der Waals surface area contributed by atoms with E-state index in [0.29, 0.717) is 17.1 Å². The molecule has 0 aliphatic carbocycles. The van der Waals surface area contributed by atoms with Crippen molar-refractivity contribution in [1.82, 2.24) is 30.5 Å². The second-order valence-electron chi connectivity index (χ2n) is 6.59. The lowest BCUT2D eigenvalue weighted by Gasteiger charge is -2.14. The van der Waals surface area contributed by atoms with Gasteiger partial charge in [0.05, 0.1) is 22.8 Å². The molecular formula is C20H19N7O. The number of hydrogen-bond acceptors (Lipinski definition) is 6. The van der Waals surface area contributed by atoms with Gasteiger partial charge in [0.15, 0.2) is 0 Å². The second kappa shape index (κ2) is 7.07. The third-order valence-electron chi connectivity index (χ3n) is 4.44. The summed E-state index contributed by atoms with van der Waals surface area (Å²) in [7, 11) is 0. The summed E-state index contributed by atoms with van der Waals surface area (Å²) in [6.45, 7) is 3.80. The summed E-state index contributed by atoms with van der Waals surface area (Å²) in [5.41, 5.74) is 9.41. The SMILES string of the molecule is Cc1ccc2nc(-c3cccnc3)cc(C(=O)NC(C)c3nc(N)n[nH]3)c2c1. The van der Waals surface area contributed by atoms with Gasteiger partial charge in [0.1, 0.15) is 5.82 Å². The van der Waals surface area contributed by atoms with Gasteiger partial charge >= 0.3 is 0 Å². The maximum Gasteiger partial charge on any atom is 0.252 e. The summed E-state index contributed by atoms with van der Waals surface area (Å²) in [6.07, 6.45) is 3.43. The van der Waals surface area contributed by atoms with Crippen LogP contribution in [-0.4, -0.2) is 31.1 Å². The van der Waals surface area contributed by atoms with E-state index in [4.69, 9.17) is 10.7 Å². The summed E-state index contributed by atoms with van der Waals surface area (Å²) in [5.74, 6) is 0.401. The Kier molecular flexibility index (Phi) is 4.44. The number of pyridine rings is 2. The van der Waals surface area contributed by atoms with Crippen LogP contribution in [0.25, 0.3) is 22.2 Å². The van der Waals surface area contributed by atoms with E-state index in [0.717, 1.165) is 22.0 Å². The molecule has 0 aliphatic heterocycles. The number of amides is 1. The van der Waals surface area contributed by atoms with Crippen LogP contribution < -0.4 is 11.1 Å². The predicted molar refractivity (Wildman–Crippen MR) is 106 cm³/mol. The fourth-order valence-electron chi connectivity index (χ4n) is 3.01. The van der Waals surface area contributed by atoms with E-state index in [9.17, 15) is 4.79 Å². The smallest absolute Gasteiger partial charge is 0.252 e. The summed E-state index contributed by atoms with van der Waals surface area (Å²) in [4.78, 5) is 26.0. The number of aryl methyl sites for hydroxylation is 1. The maximum atomic E-state index is 13.1. The lowest BCUT2D eigenvalue weighted by molar-refractivity contribution is 0.0940. The normalized spacial score (nSPS) is 12.1. The molecule has 0 fully saturated rings. The molecule has 0 saturated carbocycles. The van der Waals surface area contributed by atoms with Crippen molar-refractivity contribution in [2.45, 2.75) is 19.9 Å². The number of H-pyrrole nitrogens is 1. The highest BCUT2D eigenvalue weighted by molar-refractivity contribution is 6.07. The summed E-state index contributed by atoms with van der Waals surface area (Å²) >= 11 is 0. The van der Waals surface area contributed by atoms with Crippen LogP contribution in [0.15, 0.2) is 48.8 Å². The van der Waals surface area contributed by atoms with Crippen molar-refractivity contribution in [3.8, 4) is 11.3 Å². The molecule has 8 heteroatoms. The number of fused-ring (bicyclic) bond motifs is 1. The van der Waals surface area contributed by atoms with Crippen molar-refractivity contribution in [1.29, 1.82) is 0 Å². The Morgan fingerprint density at radius 1 is 1.21 bits per heavy atom. The molecule has 1 atom stereocenters. The Labute approximate surface area is 161 Å². The Hall–Kier alpha value is -3.81. The largest absolute Gasteiger partial charge is 0.367 e. The Balaban J connectivity index is 1.77. The van der Waals surface area contributed by atoms with E-state index in [1.54, 1.807) is 18.5 Å². The lowest BCUT2D eigenvalue weighted by Crippen LogP contribution is -2.27. The second-order valence-corrected chi connectivity index (χ2v) is 6.59. The van der Waals surface area contributed by atoms with Crippen LogP contribution >= 0.6 is 0 Å². The fourth-order valence-corrected chi connectivity index (χ4v) is 3.01. The minimum absolute atomic E-state index is 0.139. The van der Waals surface area contributed by atoms with Crippen LogP contribution in [0.4, 0.5) is 5.95 Å². The standard InChI is InChI=1S/C20H19N7O/c1-11-5-6-16-14(8-11)15(9-17(24-16)13-4-3-7-22-10-13)19(28)23-12(2)18-25-20(21)27-26-18/h3-10,12H,1-2H3,(H,23,28)(H3,21,25,26,27). The number of carbonyl (C=O) groups is 1. The molecule has 0 radical (unpaired) electrons. The van der Waals surface area contributed by atoms with Crippen molar-refractivity contribution in [2.75, 3.05) is 5.73 Å². The number of aromatic amines is 1. The van der Waals surface area contributed by atoms with Gasteiger partial charge in [-0.1, -0.05) is 11.6 Å². The molecule has 1 unspecified atom stereocenters. The average molecular weight is 373 g/mol. The highest BCUT2D eigenvalue weighted by Crippen LogP contribution is 2.26. The van der Waals surface area contributed by atoms with Crippen LogP contribution in [-0.2, 0) is 0 Å². The number of rotatable bonds is 4. The number of benzene rings is 1. The highest BCUT2D eigenvalue weighted by atomic mass is 16.1. The number of carbonyl (C=O) groups excluding carboxylic acids is 1. The molecule has 0 bridgehead atoms. The minimum atomic E-state index is -0.382. The molecule has 3 heterocycles. The van der Waals surface area contributed by atoms with Crippen molar-refractivity contribution in [3.05, 3.63) is 65.7 Å². The number of anilines is 1. The quantitative estimate of drug-likeness (QED) is 0.505. The number of nitrogens with zero attached hydrogens (tertiary/aromatic N) is 4. The summed E-state index contributed by atoms with van der Waals surface area (Å²) in [6, 6.07) is 11.0. The first-order chi connectivity index (χ1) is 13.5. The van der Waals surface area contributed by atoms with Gasteiger partial charge in [0.25, 0.3) is 5.91 Å². The molecule has 0 saturated heterocycles. The zero-order valence-electron chi connectivity index (χ0n) is 15.5. The molecule has 4 rings (SSSR count). The van der Waals surface area contributed by atoms with E-state index in [1.165, 1.54) is 0 Å². The Morgan fingerprint density at radius 2 is 2.07 bits per heavy atom. The fraction of sp³-hybridized carbons (Fsp3) is 0.150. The van der Waals surface area contributed by atoms with Crippen molar-refractivity contribution in [3.63, 3.8) is 0 Å². The third-order valence-corrected chi connectivity index (χ3v) is 4.44. The molecule has 4 aromatic rings. The third kappa shape index (κ3) is 3.39. The number of hydrogen-bond donors (Lipinski definition) is 3. The number of nitrogens with two attached hydrogens (primary N) is 1. The molecule has 4 N–H and O–H groups in total. The predicted octanol–water partition coefficient (Wildman–Crippen LogP) is 2.80. The summed E-state index contributed by atoms with van der Waals surface area (Å²) in [5, 5.41) is 10.3. The molecule has 1 aromatic carbocycles. The van der Waals surface area contributed by atoms with E-state index < -0.39 is 0 Å². The van der Waals surface area contributed by atoms with Gasteiger partial charge < -0.3 is 11.1 Å². The van der Waals surface area contributed by atoms with Crippen LogP contribution in [0.3, 0.4) is 0 Å². The van der Waals surface area contributed by atoms with E-state index in [-0.39, 0.29) is 17.9 Å². The number of nitrogen functional groups attached to an aromatic ring is 1. The van der Waals surface area contributed by atoms with Crippen LogP contribution in [0.1, 0.15) is 34.7 Å². The van der Waals surface area contributed by atoms with Gasteiger partial charge in [-0.05, 0) is 44.2 Å². The summed E-state index contributed by atoms with van der Waals surface area (Å²) < 4.78 is 0. The van der Waals surface area contributed by atoms with E-state index in [1.807, 2.05) is 44.2 Å². The van der Waals surface area contributed by atoms with Gasteiger partial charge in [-0.15, -0.1) is 5.10 Å². The first-order valence-electron chi connectivity index (χ1n) is 8.81. The Morgan fingerprint density at radius 3 is 2.79 bits per heavy atom. The van der Waals surface area contributed by atoms with Crippen molar-refractivity contribution in [2.24, 2.45) is 0 Å². The molecule has 0 aliphatic rings. The molecule has 8 nitrogen and oxygen atoms in total. The lowest BCUT2D eigenvalue weighted by atomic mass is 10.0. The highest BCUT2D eigenvalue weighted by Gasteiger charge is 2.18. The maximum absolute atomic E-state index is 13.1. The molecule has 1 amide bonds. The van der Waals surface area contributed by atoms with Crippen LogP contribution in [0.5, 0.6) is 0 Å². The van der Waals surface area contributed by atoms with Gasteiger partial charge in [-0.3, -0.25) is 14.9 Å². The first-order valence-corrected chi connectivity index (χ1v) is 8.81. The molecule has 3 aromatic heterocycles. The van der Waals surface area contributed by atoms with Crippen LogP contribution in [0, 0.1) is 6.92 Å². The number of nitrogens with one attached hydrogen (secondary N) is 2. The minimum Gasteiger partial charge on any atom is -0.367 e. The molecule has 0 spiro atoms. The van der Waals surface area contributed by atoms with Gasteiger partial charge in [-0.2, -0.15) is 4.98 Å². The molecular weight excluding hydrogens is 354 g/mol. The topological polar surface area (TPSA) is 122 Å². The molecule has 28 heavy (non-hydrogen) atoms. The van der Waals surface area contributed by atoms with Gasteiger partial charge in [-0.25, -0.2) is 4.98 Å². The first kappa shape index (κ1) is 17.6. The monoisotopic (exact) mass is 373 g/mol. The number of aromatic nitrogens is 5. The van der Waals surface area contributed by atoms with Gasteiger partial charge in [0, 0.05) is 23.3 Å². The van der Waals surface area contributed by atoms with E-state index >= 15 is 0 Å². The Bertz CT molecular complexity index is 1150. The zero-order valence-corrected chi connectivity index (χ0v) is 15.5.